The van der Waals surface area contributed by atoms with Crippen molar-refractivity contribution in [1.82, 2.24) is 9.97 Å². The standard InChI is InChI=1S/C12H12N4O3/c1-8-5-3-4-6-9(8)19-12-10(16(17)18)11(13-2)14-7-15-12/h3-7H,1-2H3,(H,13,14,15). The first kappa shape index (κ1) is 12.7. The summed E-state index contributed by atoms with van der Waals surface area (Å²) in [5, 5.41) is 13.7. The van der Waals surface area contributed by atoms with Crippen molar-refractivity contribution in [1.29, 1.82) is 0 Å². The summed E-state index contributed by atoms with van der Waals surface area (Å²) in [6.07, 6.45) is 1.21. The zero-order valence-electron chi connectivity index (χ0n) is 10.5. The van der Waals surface area contributed by atoms with Gasteiger partial charge in [-0.05, 0) is 18.6 Å². The Labute approximate surface area is 109 Å². The summed E-state index contributed by atoms with van der Waals surface area (Å²) in [6.45, 7) is 1.85. The summed E-state index contributed by atoms with van der Waals surface area (Å²) in [5.74, 6) is 0.550. The maximum atomic E-state index is 11.1. The van der Waals surface area contributed by atoms with E-state index in [2.05, 4.69) is 15.3 Å². The summed E-state index contributed by atoms with van der Waals surface area (Å²) in [5.41, 5.74) is 0.578. The van der Waals surface area contributed by atoms with Gasteiger partial charge in [-0.3, -0.25) is 10.1 Å². The molecule has 0 atom stereocenters. The fraction of sp³-hybridized carbons (Fsp3) is 0.167. The van der Waals surface area contributed by atoms with E-state index >= 15 is 0 Å². The molecule has 2 aromatic rings. The van der Waals surface area contributed by atoms with Crippen LogP contribution < -0.4 is 10.1 Å². The first-order chi connectivity index (χ1) is 9.13. The highest BCUT2D eigenvalue weighted by Crippen LogP contribution is 2.34. The SMILES string of the molecule is CNc1ncnc(Oc2ccccc2C)c1[N+](=O)[O-]. The minimum atomic E-state index is -0.570. The van der Waals surface area contributed by atoms with Crippen LogP contribution in [0, 0.1) is 17.0 Å². The Morgan fingerprint density at radius 3 is 2.68 bits per heavy atom. The number of nitro groups is 1. The summed E-state index contributed by atoms with van der Waals surface area (Å²) in [7, 11) is 1.55. The van der Waals surface area contributed by atoms with Gasteiger partial charge in [-0.2, -0.15) is 4.98 Å². The summed E-state index contributed by atoms with van der Waals surface area (Å²) in [4.78, 5) is 18.1. The summed E-state index contributed by atoms with van der Waals surface area (Å²) in [6, 6.07) is 7.21. The van der Waals surface area contributed by atoms with E-state index in [-0.39, 0.29) is 17.4 Å². The second kappa shape index (κ2) is 5.30. The molecule has 0 saturated heterocycles. The molecule has 0 aliphatic rings. The number of benzene rings is 1. The van der Waals surface area contributed by atoms with Crippen LogP contribution in [-0.4, -0.2) is 21.9 Å². The number of hydrogen-bond acceptors (Lipinski definition) is 6. The minimum Gasteiger partial charge on any atom is -0.433 e. The largest absolute Gasteiger partial charge is 0.433 e. The second-order valence-electron chi connectivity index (χ2n) is 3.75. The molecule has 1 N–H and O–H groups in total. The predicted molar refractivity (Wildman–Crippen MR) is 69.5 cm³/mol. The second-order valence-corrected chi connectivity index (χ2v) is 3.75. The molecule has 7 heteroatoms. The molecule has 0 aliphatic heterocycles. The smallest absolute Gasteiger partial charge is 0.373 e. The lowest BCUT2D eigenvalue weighted by Crippen LogP contribution is -2.03. The van der Waals surface area contributed by atoms with Crippen molar-refractivity contribution < 1.29 is 9.66 Å². The van der Waals surface area contributed by atoms with Crippen LogP contribution in [-0.2, 0) is 0 Å². The van der Waals surface area contributed by atoms with Crippen LogP contribution in [0.3, 0.4) is 0 Å². The number of anilines is 1. The van der Waals surface area contributed by atoms with E-state index in [1.807, 2.05) is 19.1 Å². The highest BCUT2D eigenvalue weighted by Gasteiger charge is 2.24. The quantitative estimate of drug-likeness (QED) is 0.671. The molecule has 0 radical (unpaired) electrons. The third-order valence-electron chi connectivity index (χ3n) is 2.51. The van der Waals surface area contributed by atoms with E-state index in [0.717, 1.165) is 5.56 Å². The van der Waals surface area contributed by atoms with E-state index in [1.54, 1.807) is 19.2 Å². The first-order valence-electron chi connectivity index (χ1n) is 5.54. The van der Waals surface area contributed by atoms with Crippen LogP contribution in [0.25, 0.3) is 0 Å². The van der Waals surface area contributed by atoms with Gasteiger partial charge in [0.2, 0.25) is 5.82 Å². The number of para-hydroxylation sites is 1. The average molecular weight is 260 g/mol. The van der Waals surface area contributed by atoms with Crippen molar-refractivity contribution in [2.24, 2.45) is 0 Å². The van der Waals surface area contributed by atoms with Crippen LogP contribution >= 0.6 is 0 Å². The lowest BCUT2D eigenvalue weighted by Gasteiger charge is -2.08. The van der Waals surface area contributed by atoms with Gasteiger partial charge in [-0.1, -0.05) is 18.2 Å². The Morgan fingerprint density at radius 1 is 1.32 bits per heavy atom. The first-order valence-corrected chi connectivity index (χ1v) is 5.54. The lowest BCUT2D eigenvalue weighted by molar-refractivity contribution is -0.385. The van der Waals surface area contributed by atoms with Crippen LogP contribution in [0.5, 0.6) is 11.6 Å². The van der Waals surface area contributed by atoms with Crippen molar-refractivity contribution in [2.75, 3.05) is 12.4 Å². The molecule has 0 saturated carbocycles. The Bertz CT molecular complexity index is 616. The monoisotopic (exact) mass is 260 g/mol. The number of aryl methyl sites for hydroxylation is 1. The highest BCUT2D eigenvalue weighted by atomic mass is 16.6. The molecule has 0 amide bonds. The maximum Gasteiger partial charge on any atom is 0.373 e. The molecule has 0 spiro atoms. The van der Waals surface area contributed by atoms with Crippen molar-refractivity contribution in [3.63, 3.8) is 0 Å². The Hall–Kier alpha value is -2.70. The van der Waals surface area contributed by atoms with Crippen molar-refractivity contribution >= 4 is 11.5 Å². The number of ether oxygens (including phenoxy) is 1. The van der Waals surface area contributed by atoms with Gasteiger partial charge in [0.05, 0.1) is 4.92 Å². The fourth-order valence-corrected chi connectivity index (χ4v) is 1.56. The van der Waals surface area contributed by atoms with Gasteiger partial charge in [0.15, 0.2) is 0 Å². The van der Waals surface area contributed by atoms with Crippen molar-refractivity contribution in [3.8, 4) is 11.6 Å². The van der Waals surface area contributed by atoms with Gasteiger partial charge in [-0.25, -0.2) is 4.98 Å². The topological polar surface area (TPSA) is 90.2 Å². The van der Waals surface area contributed by atoms with Crippen LogP contribution in [0.1, 0.15) is 5.56 Å². The van der Waals surface area contributed by atoms with E-state index < -0.39 is 4.92 Å². The molecule has 19 heavy (non-hydrogen) atoms. The van der Waals surface area contributed by atoms with Crippen molar-refractivity contribution in [2.45, 2.75) is 6.92 Å². The summed E-state index contributed by atoms with van der Waals surface area (Å²) >= 11 is 0. The zero-order chi connectivity index (χ0) is 13.8. The molecular formula is C12H12N4O3. The molecular weight excluding hydrogens is 248 g/mol. The van der Waals surface area contributed by atoms with Gasteiger partial charge in [0.25, 0.3) is 0 Å². The van der Waals surface area contributed by atoms with Crippen LogP contribution in [0.2, 0.25) is 0 Å². The maximum absolute atomic E-state index is 11.1. The molecule has 0 fully saturated rings. The van der Waals surface area contributed by atoms with E-state index in [9.17, 15) is 10.1 Å². The molecule has 1 aromatic heterocycles. The zero-order valence-corrected chi connectivity index (χ0v) is 10.5. The Kier molecular flexibility index (Phi) is 3.56. The third-order valence-corrected chi connectivity index (χ3v) is 2.51. The molecule has 98 valence electrons. The minimum absolute atomic E-state index is 0.0846. The van der Waals surface area contributed by atoms with Gasteiger partial charge in [-0.15, -0.1) is 0 Å². The molecule has 2 rings (SSSR count). The molecule has 0 aliphatic carbocycles. The number of hydrogen-bond donors (Lipinski definition) is 1. The molecule has 7 nitrogen and oxygen atoms in total. The van der Waals surface area contributed by atoms with Crippen molar-refractivity contribution in [3.05, 3.63) is 46.3 Å². The van der Waals surface area contributed by atoms with Crippen LogP contribution in [0.4, 0.5) is 11.5 Å². The Morgan fingerprint density at radius 2 is 2.05 bits per heavy atom. The van der Waals surface area contributed by atoms with Gasteiger partial charge < -0.3 is 10.1 Å². The number of aromatic nitrogens is 2. The molecule has 1 heterocycles. The van der Waals surface area contributed by atoms with Gasteiger partial charge >= 0.3 is 11.6 Å². The highest BCUT2D eigenvalue weighted by molar-refractivity contribution is 5.61. The number of rotatable bonds is 4. The molecule has 0 unspecified atom stereocenters. The number of nitrogens with zero attached hydrogens (tertiary/aromatic N) is 3. The predicted octanol–water partition coefficient (Wildman–Crippen LogP) is 2.53. The van der Waals surface area contributed by atoms with E-state index in [1.165, 1.54) is 6.33 Å². The summed E-state index contributed by atoms with van der Waals surface area (Å²) < 4.78 is 5.51. The third kappa shape index (κ3) is 2.59. The Balaban J connectivity index is 2.46. The fourth-order valence-electron chi connectivity index (χ4n) is 1.56. The molecule has 1 aromatic carbocycles. The molecule has 0 bridgehead atoms. The van der Waals surface area contributed by atoms with Gasteiger partial charge in [0.1, 0.15) is 12.1 Å². The van der Waals surface area contributed by atoms with Gasteiger partial charge in [0, 0.05) is 7.05 Å². The lowest BCUT2D eigenvalue weighted by atomic mass is 10.2. The van der Waals surface area contributed by atoms with Crippen LogP contribution in [0.15, 0.2) is 30.6 Å². The van der Waals surface area contributed by atoms with E-state index in [4.69, 9.17) is 4.74 Å². The van der Waals surface area contributed by atoms with E-state index in [0.29, 0.717) is 5.75 Å². The average Bonchev–Trinajstić information content (AvgIpc) is 2.40. The number of nitrogens with one attached hydrogen (secondary N) is 1. The normalized spacial score (nSPS) is 10.0.